The van der Waals surface area contributed by atoms with Crippen molar-refractivity contribution in [2.75, 3.05) is 39.4 Å². The van der Waals surface area contributed by atoms with Crippen LogP contribution in [0.25, 0.3) is 0 Å². The fourth-order valence-corrected chi connectivity index (χ4v) is 5.31. The zero-order chi connectivity index (χ0) is 24.1. The van der Waals surface area contributed by atoms with E-state index in [2.05, 4.69) is 16.3 Å². The van der Waals surface area contributed by atoms with Gasteiger partial charge in [0.1, 0.15) is 18.2 Å². The van der Waals surface area contributed by atoms with Crippen molar-refractivity contribution >= 4 is 17.2 Å². The van der Waals surface area contributed by atoms with Crippen LogP contribution in [0.4, 0.5) is 4.39 Å². The van der Waals surface area contributed by atoms with Crippen molar-refractivity contribution in [3.8, 4) is 5.75 Å². The van der Waals surface area contributed by atoms with Crippen molar-refractivity contribution < 1.29 is 23.8 Å². The molecule has 1 saturated carbocycles. The molecule has 1 amide bonds. The summed E-state index contributed by atoms with van der Waals surface area (Å²) >= 11 is 1.71. The Morgan fingerprint density at radius 1 is 1.26 bits per heavy atom. The van der Waals surface area contributed by atoms with Crippen molar-refractivity contribution in [1.82, 2.24) is 9.80 Å². The van der Waals surface area contributed by atoms with Crippen LogP contribution in [-0.2, 0) is 16.0 Å². The molecule has 0 radical (unpaired) electrons. The molecule has 2 atom stereocenters. The molecule has 4 rings (SSSR count). The molecule has 2 heterocycles. The van der Waals surface area contributed by atoms with Gasteiger partial charge in [-0.25, -0.2) is 4.39 Å². The number of rotatable bonds is 12. The summed E-state index contributed by atoms with van der Waals surface area (Å²) in [5, 5.41) is 12.5. The molecule has 0 spiro atoms. The Morgan fingerprint density at radius 2 is 2.03 bits per heavy atom. The number of halogens is 1. The first-order valence-corrected chi connectivity index (χ1v) is 13.0. The predicted octanol–water partition coefficient (Wildman–Crippen LogP) is 3.89. The lowest BCUT2D eigenvalue weighted by Crippen LogP contribution is -2.48. The van der Waals surface area contributed by atoms with E-state index < -0.39 is 6.10 Å². The predicted molar refractivity (Wildman–Crippen MR) is 131 cm³/mol. The van der Waals surface area contributed by atoms with Crippen LogP contribution in [0.2, 0.25) is 0 Å². The van der Waals surface area contributed by atoms with Gasteiger partial charge in [0.25, 0.3) is 0 Å². The van der Waals surface area contributed by atoms with Crippen LogP contribution < -0.4 is 4.74 Å². The number of ether oxygens (including phenoxy) is 2. The Hall–Kier alpha value is -2.00. The number of fused-ring (bicyclic) bond motifs is 1. The highest BCUT2D eigenvalue weighted by atomic mass is 32.1. The first-order chi connectivity index (χ1) is 16.4. The molecular formula is C26H35FN2O4S. The molecule has 186 valence electrons. The standard InChI is InChI=1S/C26H35FN2O4S/c1-18(2)32-16-21(30)14-28(13-19-3-4-19)15-26(31)29-11-9-25-23(10-12-34-25)24(29)17-33-22-7-5-20(27)6-8-22/h5-8,10,12,18-19,21,24,30H,3-4,9,11,13-17H2,1-2H3. The molecule has 0 saturated heterocycles. The molecule has 2 unspecified atom stereocenters. The third-order valence-electron chi connectivity index (χ3n) is 6.30. The van der Waals surface area contributed by atoms with E-state index >= 15 is 0 Å². The van der Waals surface area contributed by atoms with Gasteiger partial charge in [-0.2, -0.15) is 0 Å². The largest absolute Gasteiger partial charge is 0.491 e. The Labute approximate surface area is 205 Å². The van der Waals surface area contributed by atoms with E-state index in [0.29, 0.717) is 31.4 Å². The van der Waals surface area contributed by atoms with Crippen LogP contribution in [0.15, 0.2) is 35.7 Å². The van der Waals surface area contributed by atoms with Crippen molar-refractivity contribution in [2.45, 2.75) is 51.4 Å². The van der Waals surface area contributed by atoms with E-state index in [0.717, 1.165) is 18.5 Å². The molecule has 8 heteroatoms. The quantitative estimate of drug-likeness (QED) is 0.489. The topological polar surface area (TPSA) is 62.2 Å². The maximum absolute atomic E-state index is 13.5. The Bertz CT molecular complexity index is 931. The molecular weight excluding hydrogens is 455 g/mol. The minimum Gasteiger partial charge on any atom is -0.491 e. The number of nitrogens with zero attached hydrogens (tertiary/aromatic N) is 2. The zero-order valence-corrected chi connectivity index (χ0v) is 20.8. The zero-order valence-electron chi connectivity index (χ0n) is 20.0. The number of hydrogen-bond donors (Lipinski definition) is 1. The first-order valence-electron chi connectivity index (χ1n) is 12.1. The molecule has 2 aliphatic rings. The number of carbonyl (C=O) groups is 1. The minimum atomic E-state index is -0.628. The number of carbonyl (C=O) groups excluding carboxylic acids is 1. The number of amides is 1. The summed E-state index contributed by atoms with van der Waals surface area (Å²) in [5.41, 5.74) is 1.13. The highest BCUT2D eigenvalue weighted by Crippen LogP contribution is 2.34. The lowest BCUT2D eigenvalue weighted by molar-refractivity contribution is -0.136. The Kier molecular flexibility index (Phi) is 8.58. The Balaban J connectivity index is 1.42. The Morgan fingerprint density at radius 3 is 2.74 bits per heavy atom. The van der Waals surface area contributed by atoms with Gasteiger partial charge < -0.3 is 19.5 Å². The number of benzene rings is 1. The smallest absolute Gasteiger partial charge is 0.237 e. The summed E-state index contributed by atoms with van der Waals surface area (Å²) in [7, 11) is 0. The summed E-state index contributed by atoms with van der Waals surface area (Å²) in [5.74, 6) is 0.925. The second-order valence-electron chi connectivity index (χ2n) is 9.59. The van der Waals surface area contributed by atoms with E-state index in [1.165, 1.54) is 29.9 Å². The summed E-state index contributed by atoms with van der Waals surface area (Å²) in [6.45, 7) is 6.62. The molecule has 0 bridgehead atoms. The van der Waals surface area contributed by atoms with Gasteiger partial charge in [-0.15, -0.1) is 11.3 Å². The van der Waals surface area contributed by atoms with Crippen LogP contribution in [0, 0.1) is 11.7 Å². The summed E-state index contributed by atoms with van der Waals surface area (Å²) in [4.78, 5) is 18.8. The average molecular weight is 491 g/mol. The van der Waals surface area contributed by atoms with E-state index in [-0.39, 0.29) is 37.0 Å². The minimum absolute atomic E-state index is 0.0437. The SMILES string of the molecule is CC(C)OCC(O)CN(CC(=O)N1CCc2sccc2C1COc1ccc(F)cc1)CC1CC1. The fraction of sp³-hybridized carbons (Fsp3) is 0.577. The molecule has 6 nitrogen and oxygen atoms in total. The van der Waals surface area contributed by atoms with Gasteiger partial charge in [-0.3, -0.25) is 9.69 Å². The van der Waals surface area contributed by atoms with Crippen molar-refractivity contribution in [3.63, 3.8) is 0 Å². The monoisotopic (exact) mass is 490 g/mol. The molecule has 1 N–H and O–H groups in total. The van der Waals surface area contributed by atoms with Crippen LogP contribution >= 0.6 is 11.3 Å². The molecule has 1 aliphatic carbocycles. The van der Waals surface area contributed by atoms with Crippen LogP contribution in [0.3, 0.4) is 0 Å². The molecule has 1 aromatic carbocycles. The molecule has 1 fully saturated rings. The highest BCUT2D eigenvalue weighted by Gasteiger charge is 2.34. The van der Waals surface area contributed by atoms with Crippen molar-refractivity contribution in [3.05, 3.63) is 52.0 Å². The average Bonchev–Trinajstić information content (AvgIpc) is 3.48. The molecule has 1 aliphatic heterocycles. The summed E-state index contributed by atoms with van der Waals surface area (Å²) in [6.07, 6.45) is 2.62. The van der Waals surface area contributed by atoms with Crippen LogP contribution in [0.1, 0.15) is 43.2 Å². The maximum Gasteiger partial charge on any atom is 0.237 e. The van der Waals surface area contributed by atoms with Gasteiger partial charge in [0.2, 0.25) is 5.91 Å². The highest BCUT2D eigenvalue weighted by molar-refractivity contribution is 7.10. The number of hydrogen-bond acceptors (Lipinski definition) is 6. The van der Waals surface area contributed by atoms with Gasteiger partial charge in [-0.1, -0.05) is 0 Å². The van der Waals surface area contributed by atoms with E-state index in [1.54, 1.807) is 23.5 Å². The third-order valence-corrected chi connectivity index (χ3v) is 7.30. The van der Waals surface area contributed by atoms with Crippen LogP contribution in [-0.4, -0.2) is 72.4 Å². The van der Waals surface area contributed by atoms with E-state index in [1.807, 2.05) is 18.7 Å². The van der Waals surface area contributed by atoms with E-state index in [4.69, 9.17) is 9.47 Å². The molecule has 2 aromatic rings. The number of aliphatic hydroxyl groups is 1. The summed E-state index contributed by atoms with van der Waals surface area (Å²) in [6, 6.07) is 7.85. The van der Waals surface area contributed by atoms with Crippen molar-refractivity contribution in [1.29, 1.82) is 0 Å². The first kappa shape index (κ1) is 25.1. The fourth-order valence-electron chi connectivity index (χ4n) is 4.39. The van der Waals surface area contributed by atoms with Gasteiger partial charge in [0.05, 0.1) is 31.4 Å². The van der Waals surface area contributed by atoms with E-state index in [9.17, 15) is 14.3 Å². The lowest BCUT2D eigenvalue weighted by Gasteiger charge is -2.37. The van der Waals surface area contributed by atoms with Gasteiger partial charge in [-0.05, 0) is 80.3 Å². The third kappa shape index (κ3) is 7.01. The van der Waals surface area contributed by atoms with Gasteiger partial charge >= 0.3 is 0 Å². The second-order valence-corrected chi connectivity index (χ2v) is 10.6. The van der Waals surface area contributed by atoms with Crippen LogP contribution in [0.5, 0.6) is 5.75 Å². The lowest BCUT2D eigenvalue weighted by atomic mass is 10.0. The number of aliphatic hydroxyl groups excluding tert-OH is 1. The molecule has 34 heavy (non-hydrogen) atoms. The maximum atomic E-state index is 13.5. The van der Waals surface area contributed by atoms with Gasteiger partial charge in [0.15, 0.2) is 0 Å². The second kappa shape index (κ2) is 11.6. The summed E-state index contributed by atoms with van der Waals surface area (Å²) < 4.78 is 24.8. The molecule has 1 aromatic heterocycles. The normalized spacial score (nSPS) is 18.9. The van der Waals surface area contributed by atoms with Gasteiger partial charge in [0, 0.05) is 24.5 Å². The van der Waals surface area contributed by atoms with Crippen molar-refractivity contribution in [2.24, 2.45) is 5.92 Å². The number of thiophene rings is 1.